The van der Waals surface area contributed by atoms with E-state index in [9.17, 15) is 9.59 Å². The van der Waals surface area contributed by atoms with Crippen LogP contribution in [0.25, 0.3) is 5.65 Å². The number of aryl methyl sites for hydroxylation is 1. The Morgan fingerprint density at radius 3 is 2.76 bits per heavy atom. The Morgan fingerprint density at radius 2 is 2.04 bits per heavy atom. The molecule has 0 aliphatic carbocycles. The zero-order chi connectivity index (χ0) is 17.8. The van der Waals surface area contributed by atoms with Crippen LogP contribution in [0, 0.1) is 6.92 Å². The first-order valence-corrected chi connectivity index (χ1v) is 8.53. The molecule has 3 aromatic rings. The first-order valence-electron chi connectivity index (χ1n) is 8.53. The molecule has 130 valence electrons. The molecule has 2 heterocycles. The van der Waals surface area contributed by atoms with Gasteiger partial charge in [0.1, 0.15) is 5.56 Å². The molecule has 0 spiro atoms. The SMILES string of the molecule is CCCCNC(=O)c1c[nH]n2c(=O)c(Cc3ccccc3)c(C)nc12. The summed E-state index contributed by atoms with van der Waals surface area (Å²) in [5, 5.41) is 5.72. The van der Waals surface area contributed by atoms with E-state index < -0.39 is 0 Å². The van der Waals surface area contributed by atoms with Crippen LogP contribution in [0.2, 0.25) is 0 Å². The van der Waals surface area contributed by atoms with Crippen LogP contribution in [0.15, 0.2) is 41.3 Å². The predicted molar refractivity (Wildman–Crippen MR) is 97.0 cm³/mol. The molecule has 0 unspecified atom stereocenters. The van der Waals surface area contributed by atoms with Crippen LogP contribution in [0.5, 0.6) is 0 Å². The second-order valence-electron chi connectivity index (χ2n) is 6.10. The molecule has 1 amide bonds. The fraction of sp³-hybridized carbons (Fsp3) is 0.316. The maximum Gasteiger partial charge on any atom is 0.276 e. The smallest absolute Gasteiger partial charge is 0.276 e. The molecule has 2 N–H and O–H groups in total. The highest BCUT2D eigenvalue weighted by Crippen LogP contribution is 2.12. The Kier molecular flexibility index (Phi) is 4.97. The molecule has 25 heavy (non-hydrogen) atoms. The van der Waals surface area contributed by atoms with Gasteiger partial charge in [-0.1, -0.05) is 43.7 Å². The van der Waals surface area contributed by atoms with Gasteiger partial charge in [-0.05, 0) is 18.9 Å². The average Bonchev–Trinajstić information content (AvgIpc) is 3.03. The van der Waals surface area contributed by atoms with E-state index in [0.717, 1.165) is 18.4 Å². The van der Waals surface area contributed by atoms with E-state index in [-0.39, 0.29) is 11.5 Å². The first kappa shape index (κ1) is 17.0. The van der Waals surface area contributed by atoms with E-state index in [1.54, 1.807) is 0 Å². The third kappa shape index (κ3) is 3.47. The summed E-state index contributed by atoms with van der Waals surface area (Å²) < 4.78 is 1.35. The number of H-pyrrole nitrogens is 1. The largest absolute Gasteiger partial charge is 0.352 e. The molecule has 0 saturated heterocycles. The lowest BCUT2D eigenvalue weighted by molar-refractivity contribution is 0.0954. The molecule has 2 aromatic heterocycles. The number of carbonyl (C=O) groups is 1. The van der Waals surface area contributed by atoms with E-state index in [1.807, 2.05) is 37.3 Å². The second kappa shape index (κ2) is 7.34. The van der Waals surface area contributed by atoms with Gasteiger partial charge >= 0.3 is 0 Å². The van der Waals surface area contributed by atoms with Crippen molar-refractivity contribution in [3.05, 3.63) is 69.3 Å². The van der Waals surface area contributed by atoms with Crippen molar-refractivity contribution in [2.24, 2.45) is 0 Å². The molecule has 0 atom stereocenters. The summed E-state index contributed by atoms with van der Waals surface area (Å²) in [6, 6.07) is 9.80. The zero-order valence-corrected chi connectivity index (χ0v) is 14.5. The minimum absolute atomic E-state index is 0.168. The van der Waals surface area contributed by atoms with Crippen LogP contribution in [0.4, 0.5) is 0 Å². The minimum Gasteiger partial charge on any atom is -0.352 e. The summed E-state index contributed by atoms with van der Waals surface area (Å²) in [6.07, 6.45) is 3.98. The maximum atomic E-state index is 12.8. The van der Waals surface area contributed by atoms with Gasteiger partial charge in [0.05, 0.1) is 0 Å². The Bertz CT molecular complexity index is 941. The fourth-order valence-electron chi connectivity index (χ4n) is 2.80. The lowest BCUT2D eigenvalue weighted by atomic mass is 10.1. The van der Waals surface area contributed by atoms with Crippen LogP contribution < -0.4 is 10.9 Å². The van der Waals surface area contributed by atoms with Gasteiger partial charge in [0, 0.05) is 30.4 Å². The molecular formula is C19H22N4O2. The predicted octanol–water partition coefficient (Wildman–Crippen LogP) is 2.45. The summed E-state index contributed by atoms with van der Waals surface area (Å²) >= 11 is 0. The van der Waals surface area contributed by atoms with Crippen molar-refractivity contribution in [2.75, 3.05) is 6.54 Å². The number of hydrogen-bond donors (Lipinski definition) is 2. The van der Waals surface area contributed by atoms with E-state index in [1.165, 1.54) is 10.7 Å². The first-order chi connectivity index (χ1) is 12.1. The lowest BCUT2D eigenvalue weighted by Crippen LogP contribution is -2.26. The van der Waals surface area contributed by atoms with E-state index in [2.05, 4.69) is 22.3 Å². The third-order valence-corrected chi connectivity index (χ3v) is 4.25. The number of unbranched alkanes of at least 4 members (excludes halogenated alkanes) is 1. The molecule has 6 nitrogen and oxygen atoms in total. The molecule has 0 saturated carbocycles. The van der Waals surface area contributed by atoms with Gasteiger partial charge in [0.2, 0.25) is 0 Å². The quantitative estimate of drug-likeness (QED) is 0.678. The Balaban J connectivity index is 1.96. The van der Waals surface area contributed by atoms with Gasteiger partial charge in [-0.25, -0.2) is 9.50 Å². The van der Waals surface area contributed by atoms with Crippen molar-refractivity contribution in [3.8, 4) is 0 Å². The number of fused-ring (bicyclic) bond motifs is 1. The lowest BCUT2D eigenvalue weighted by Gasteiger charge is -2.07. The van der Waals surface area contributed by atoms with Crippen molar-refractivity contribution in [2.45, 2.75) is 33.1 Å². The highest BCUT2D eigenvalue weighted by molar-refractivity contribution is 5.99. The molecule has 0 radical (unpaired) electrons. The van der Waals surface area contributed by atoms with Gasteiger partial charge in [-0.15, -0.1) is 0 Å². The average molecular weight is 338 g/mol. The Morgan fingerprint density at radius 1 is 1.28 bits per heavy atom. The fourth-order valence-corrected chi connectivity index (χ4v) is 2.80. The molecule has 0 aliphatic rings. The van der Waals surface area contributed by atoms with Crippen LogP contribution >= 0.6 is 0 Å². The van der Waals surface area contributed by atoms with Gasteiger partial charge in [0.15, 0.2) is 5.65 Å². The van der Waals surface area contributed by atoms with Gasteiger partial charge in [-0.3, -0.25) is 14.7 Å². The Hall–Kier alpha value is -2.89. The van der Waals surface area contributed by atoms with Crippen LogP contribution in [-0.2, 0) is 6.42 Å². The standard InChI is InChI=1S/C19H22N4O2/c1-3-4-10-20-18(24)16-12-21-23-17(16)22-13(2)15(19(23)25)11-14-8-6-5-7-9-14/h5-9,12,21H,3-4,10-11H2,1-2H3,(H,20,24). The zero-order valence-electron chi connectivity index (χ0n) is 14.5. The third-order valence-electron chi connectivity index (χ3n) is 4.25. The number of amides is 1. The Labute approximate surface area is 145 Å². The van der Waals surface area contributed by atoms with Crippen LogP contribution in [0.3, 0.4) is 0 Å². The number of aromatic amines is 1. The second-order valence-corrected chi connectivity index (χ2v) is 6.10. The number of hydrogen-bond acceptors (Lipinski definition) is 3. The number of benzene rings is 1. The monoisotopic (exact) mass is 338 g/mol. The molecule has 6 heteroatoms. The van der Waals surface area contributed by atoms with Crippen molar-refractivity contribution >= 4 is 11.6 Å². The van der Waals surface area contributed by atoms with Crippen LogP contribution in [0.1, 0.15) is 46.9 Å². The number of aromatic nitrogens is 3. The molecular weight excluding hydrogens is 316 g/mol. The number of nitrogens with one attached hydrogen (secondary N) is 2. The van der Waals surface area contributed by atoms with E-state index >= 15 is 0 Å². The normalized spacial score (nSPS) is 11.0. The number of nitrogens with zero attached hydrogens (tertiary/aromatic N) is 2. The topological polar surface area (TPSA) is 79.3 Å². The molecule has 0 bridgehead atoms. The van der Waals surface area contributed by atoms with Crippen molar-refractivity contribution < 1.29 is 4.79 Å². The maximum absolute atomic E-state index is 12.8. The van der Waals surface area contributed by atoms with Gasteiger partial charge < -0.3 is 5.32 Å². The molecule has 1 aromatic carbocycles. The van der Waals surface area contributed by atoms with Gasteiger partial charge in [-0.2, -0.15) is 0 Å². The molecule has 0 aliphatic heterocycles. The summed E-state index contributed by atoms with van der Waals surface area (Å²) in [6.45, 7) is 4.49. The summed E-state index contributed by atoms with van der Waals surface area (Å²) in [5.41, 5.74) is 2.92. The highest BCUT2D eigenvalue weighted by atomic mass is 16.2. The summed E-state index contributed by atoms with van der Waals surface area (Å²) in [5.74, 6) is -0.214. The minimum atomic E-state index is -0.214. The van der Waals surface area contributed by atoms with Crippen molar-refractivity contribution in [1.82, 2.24) is 19.9 Å². The highest BCUT2D eigenvalue weighted by Gasteiger charge is 2.18. The summed E-state index contributed by atoms with van der Waals surface area (Å²) in [7, 11) is 0. The van der Waals surface area contributed by atoms with E-state index in [0.29, 0.717) is 35.4 Å². The number of carbonyl (C=O) groups excluding carboxylic acids is 1. The molecule has 3 rings (SSSR count). The van der Waals surface area contributed by atoms with Crippen LogP contribution in [-0.4, -0.2) is 27.0 Å². The summed E-state index contributed by atoms with van der Waals surface area (Å²) in [4.78, 5) is 29.6. The van der Waals surface area contributed by atoms with Crippen molar-refractivity contribution in [1.29, 1.82) is 0 Å². The van der Waals surface area contributed by atoms with Gasteiger partial charge in [0.25, 0.3) is 11.5 Å². The van der Waals surface area contributed by atoms with E-state index in [4.69, 9.17) is 0 Å². The van der Waals surface area contributed by atoms with Crippen molar-refractivity contribution in [3.63, 3.8) is 0 Å². The molecule has 0 fully saturated rings. The number of rotatable bonds is 6.